The molecule has 4 N–H and O–H groups in total. The Morgan fingerprint density at radius 3 is 2.86 bits per heavy atom. The molecule has 0 bridgehead atoms. The number of nitrogens with two attached hydrogens (primary N) is 2. The molecule has 3 rings (SSSR count). The second kappa shape index (κ2) is 5.56. The highest BCUT2D eigenvalue weighted by Crippen LogP contribution is 2.32. The number of primary amides is 1. The average molecular weight is 288 g/mol. The first-order valence-electron chi connectivity index (χ1n) is 7.76. The maximum absolute atomic E-state index is 11.4. The van der Waals surface area contributed by atoms with E-state index in [-0.39, 0.29) is 0 Å². The van der Waals surface area contributed by atoms with E-state index in [1.165, 1.54) is 25.8 Å². The highest BCUT2D eigenvalue weighted by atomic mass is 16.1. The number of hydrogen-bond acceptors (Lipinski definition) is 4. The lowest BCUT2D eigenvalue weighted by Gasteiger charge is -2.48. The van der Waals surface area contributed by atoms with Crippen LogP contribution in [0.5, 0.6) is 0 Å². The van der Waals surface area contributed by atoms with Gasteiger partial charge in [0.25, 0.3) is 0 Å². The monoisotopic (exact) mass is 288 g/mol. The zero-order valence-electron chi connectivity index (χ0n) is 12.6. The number of amides is 1. The molecule has 1 aromatic carbocycles. The summed E-state index contributed by atoms with van der Waals surface area (Å²) in [6, 6.07) is 6.32. The van der Waals surface area contributed by atoms with E-state index in [0.29, 0.717) is 17.6 Å². The SMILES string of the molecule is CC1CN2CCCCC2CN1c1cc(C(N)=O)ccc1N. The largest absolute Gasteiger partial charge is 0.397 e. The lowest BCUT2D eigenvalue weighted by atomic mass is 9.96. The molecule has 0 saturated carbocycles. The molecular weight excluding hydrogens is 264 g/mol. The number of piperidine rings is 1. The molecule has 0 radical (unpaired) electrons. The van der Waals surface area contributed by atoms with Gasteiger partial charge in [0.15, 0.2) is 0 Å². The number of rotatable bonds is 2. The van der Waals surface area contributed by atoms with Crippen molar-refractivity contribution in [1.82, 2.24) is 4.90 Å². The van der Waals surface area contributed by atoms with Crippen molar-refractivity contribution in [3.63, 3.8) is 0 Å². The Morgan fingerprint density at radius 2 is 2.10 bits per heavy atom. The van der Waals surface area contributed by atoms with Crippen LogP contribution in [-0.2, 0) is 0 Å². The molecule has 2 aliphatic rings. The summed E-state index contributed by atoms with van der Waals surface area (Å²) in [7, 11) is 0. The van der Waals surface area contributed by atoms with Gasteiger partial charge in [-0.1, -0.05) is 6.42 Å². The molecule has 0 aliphatic carbocycles. The Bertz CT molecular complexity index is 545. The molecular formula is C16H24N4O. The number of carbonyl (C=O) groups is 1. The van der Waals surface area contributed by atoms with Crippen molar-refractivity contribution in [2.24, 2.45) is 5.73 Å². The number of nitrogens with zero attached hydrogens (tertiary/aromatic N) is 2. The highest BCUT2D eigenvalue weighted by molar-refractivity contribution is 5.95. The minimum atomic E-state index is -0.403. The molecule has 2 unspecified atom stereocenters. The smallest absolute Gasteiger partial charge is 0.248 e. The van der Waals surface area contributed by atoms with E-state index < -0.39 is 5.91 Å². The van der Waals surface area contributed by atoms with E-state index in [2.05, 4.69) is 16.7 Å². The van der Waals surface area contributed by atoms with Crippen LogP contribution >= 0.6 is 0 Å². The van der Waals surface area contributed by atoms with Crippen molar-refractivity contribution in [1.29, 1.82) is 0 Å². The van der Waals surface area contributed by atoms with Crippen molar-refractivity contribution >= 4 is 17.3 Å². The van der Waals surface area contributed by atoms with Gasteiger partial charge in [0.1, 0.15) is 0 Å². The van der Waals surface area contributed by atoms with Crippen molar-refractivity contribution in [2.75, 3.05) is 30.3 Å². The van der Waals surface area contributed by atoms with Crippen molar-refractivity contribution in [3.05, 3.63) is 23.8 Å². The van der Waals surface area contributed by atoms with E-state index in [0.717, 1.165) is 24.5 Å². The molecule has 2 heterocycles. The fourth-order valence-corrected chi connectivity index (χ4v) is 3.63. The Hall–Kier alpha value is -1.75. The maximum atomic E-state index is 11.4. The summed E-state index contributed by atoms with van der Waals surface area (Å²) in [5.41, 5.74) is 13.7. The van der Waals surface area contributed by atoms with Crippen molar-refractivity contribution in [2.45, 2.75) is 38.3 Å². The van der Waals surface area contributed by atoms with Crippen molar-refractivity contribution in [3.8, 4) is 0 Å². The van der Waals surface area contributed by atoms with Crippen LogP contribution in [0.1, 0.15) is 36.5 Å². The van der Waals surface area contributed by atoms with E-state index >= 15 is 0 Å². The quantitative estimate of drug-likeness (QED) is 0.807. The summed E-state index contributed by atoms with van der Waals surface area (Å²) >= 11 is 0. The van der Waals surface area contributed by atoms with Gasteiger partial charge in [0.05, 0.1) is 11.4 Å². The molecule has 2 saturated heterocycles. The van der Waals surface area contributed by atoms with Gasteiger partial charge in [0, 0.05) is 30.7 Å². The number of piperazine rings is 1. The fourth-order valence-electron chi connectivity index (χ4n) is 3.63. The second-order valence-corrected chi connectivity index (χ2v) is 6.28. The predicted octanol–water partition coefficient (Wildman–Crippen LogP) is 1.43. The normalized spacial score (nSPS) is 26.4. The molecule has 21 heavy (non-hydrogen) atoms. The van der Waals surface area contributed by atoms with Crippen LogP contribution in [0.15, 0.2) is 18.2 Å². The minimum Gasteiger partial charge on any atom is -0.397 e. The molecule has 1 aromatic rings. The third-order valence-corrected chi connectivity index (χ3v) is 4.81. The molecule has 2 fully saturated rings. The summed E-state index contributed by atoms with van der Waals surface area (Å²) in [5, 5.41) is 0. The number of anilines is 2. The number of carbonyl (C=O) groups excluding carboxylic acids is 1. The number of benzene rings is 1. The topological polar surface area (TPSA) is 75.6 Å². The van der Waals surface area contributed by atoms with Gasteiger partial charge < -0.3 is 16.4 Å². The third-order valence-electron chi connectivity index (χ3n) is 4.81. The summed E-state index contributed by atoms with van der Waals surface area (Å²) in [4.78, 5) is 16.3. The molecule has 1 amide bonds. The number of nitrogen functional groups attached to an aromatic ring is 1. The van der Waals surface area contributed by atoms with Gasteiger partial charge in [-0.3, -0.25) is 9.69 Å². The number of hydrogen-bond donors (Lipinski definition) is 2. The first-order valence-corrected chi connectivity index (χ1v) is 7.76. The van der Waals surface area contributed by atoms with Gasteiger partial charge in [-0.05, 0) is 44.5 Å². The van der Waals surface area contributed by atoms with Crippen molar-refractivity contribution < 1.29 is 4.79 Å². The van der Waals surface area contributed by atoms with Crippen LogP contribution in [0.4, 0.5) is 11.4 Å². The molecule has 5 heteroatoms. The van der Waals surface area contributed by atoms with Gasteiger partial charge in [-0.2, -0.15) is 0 Å². The van der Waals surface area contributed by atoms with Crippen LogP contribution in [-0.4, -0.2) is 42.5 Å². The molecule has 5 nitrogen and oxygen atoms in total. The van der Waals surface area contributed by atoms with Gasteiger partial charge in [-0.25, -0.2) is 0 Å². The lowest BCUT2D eigenvalue weighted by Crippen LogP contribution is -2.59. The summed E-state index contributed by atoms with van der Waals surface area (Å²) in [6.07, 6.45) is 3.86. The van der Waals surface area contributed by atoms with Crippen LogP contribution in [0.3, 0.4) is 0 Å². The maximum Gasteiger partial charge on any atom is 0.248 e. The lowest BCUT2D eigenvalue weighted by molar-refractivity contribution is 0.1000. The van der Waals surface area contributed by atoms with Gasteiger partial charge >= 0.3 is 0 Å². The van der Waals surface area contributed by atoms with E-state index in [1.54, 1.807) is 12.1 Å². The fraction of sp³-hybridized carbons (Fsp3) is 0.562. The second-order valence-electron chi connectivity index (χ2n) is 6.28. The molecule has 2 aliphatic heterocycles. The highest BCUT2D eigenvalue weighted by Gasteiger charge is 2.33. The molecule has 114 valence electrons. The summed E-state index contributed by atoms with van der Waals surface area (Å²) in [6.45, 7) is 5.47. The Morgan fingerprint density at radius 1 is 1.29 bits per heavy atom. The Balaban J connectivity index is 1.88. The van der Waals surface area contributed by atoms with Crippen LogP contribution in [0.2, 0.25) is 0 Å². The molecule has 2 atom stereocenters. The van der Waals surface area contributed by atoms with Crippen LogP contribution in [0.25, 0.3) is 0 Å². The summed E-state index contributed by atoms with van der Waals surface area (Å²) in [5.74, 6) is -0.403. The van der Waals surface area contributed by atoms with Crippen LogP contribution < -0.4 is 16.4 Å². The van der Waals surface area contributed by atoms with Crippen LogP contribution in [0, 0.1) is 0 Å². The third kappa shape index (κ3) is 2.70. The number of fused-ring (bicyclic) bond motifs is 1. The first-order chi connectivity index (χ1) is 10.1. The zero-order chi connectivity index (χ0) is 15.0. The first kappa shape index (κ1) is 14.2. The van der Waals surface area contributed by atoms with Gasteiger partial charge in [-0.15, -0.1) is 0 Å². The minimum absolute atomic E-state index is 0.393. The molecule has 0 aromatic heterocycles. The Labute approximate surface area is 125 Å². The van der Waals surface area contributed by atoms with E-state index in [9.17, 15) is 4.79 Å². The standard InChI is InChI=1S/C16H24N4O/c1-11-9-19-7-3-2-4-13(19)10-20(11)15-8-12(16(18)21)5-6-14(15)17/h5-6,8,11,13H,2-4,7,9-10,17H2,1H3,(H2,18,21). The molecule has 0 spiro atoms. The van der Waals surface area contributed by atoms with Gasteiger partial charge in [0.2, 0.25) is 5.91 Å². The zero-order valence-corrected chi connectivity index (χ0v) is 12.6. The summed E-state index contributed by atoms with van der Waals surface area (Å²) < 4.78 is 0. The average Bonchev–Trinajstić information content (AvgIpc) is 2.47. The Kier molecular flexibility index (Phi) is 3.76. The van der Waals surface area contributed by atoms with E-state index in [4.69, 9.17) is 11.5 Å². The van der Waals surface area contributed by atoms with E-state index in [1.807, 2.05) is 6.07 Å². The predicted molar refractivity (Wildman–Crippen MR) is 85.4 cm³/mol.